The lowest BCUT2D eigenvalue weighted by molar-refractivity contribution is 0.884. The van der Waals surface area contributed by atoms with E-state index in [1.54, 1.807) is 22.9 Å². The summed E-state index contributed by atoms with van der Waals surface area (Å²) in [5.74, 6) is 0.212. The van der Waals surface area contributed by atoms with E-state index in [0.717, 1.165) is 27.0 Å². The molecule has 2 heterocycles. The molecule has 0 saturated carbocycles. The van der Waals surface area contributed by atoms with Gasteiger partial charge in [-0.25, -0.2) is 9.67 Å². The summed E-state index contributed by atoms with van der Waals surface area (Å²) in [5, 5.41) is 15.1. The fourth-order valence-corrected chi connectivity index (χ4v) is 3.93. The Morgan fingerprint density at radius 1 is 1.03 bits per heavy atom. The maximum absolute atomic E-state index is 12.6. The van der Waals surface area contributed by atoms with Crippen molar-refractivity contribution in [3.05, 3.63) is 111 Å². The number of fused-ring (bicyclic) bond motifs is 1. The smallest absolute Gasteiger partial charge is 0.259 e. The molecule has 0 saturated heterocycles. The van der Waals surface area contributed by atoms with E-state index in [2.05, 4.69) is 32.0 Å². The van der Waals surface area contributed by atoms with E-state index >= 15 is 0 Å². The van der Waals surface area contributed by atoms with Gasteiger partial charge in [0.15, 0.2) is 5.82 Å². The number of hydrogen-bond acceptors (Lipinski definition) is 4. The Bertz CT molecular complexity index is 1600. The lowest BCUT2D eigenvalue weighted by atomic mass is 10.1. The molecule has 0 fully saturated rings. The van der Waals surface area contributed by atoms with E-state index < -0.39 is 0 Å². The molecule has 5 rings (SSSR count). The SMILES string of the molecule is N#CC(=Cc1cn(-c2ccccc2)nc1-c1ccccc1)c1nc2ccc(Br)cc2c(=O)[nH]1. The highest BCUT2D eigenvalue weighted by Crippen LogP contribution is 2.27. The maximum atomic E-state index is 12.6. The van der Waals surface area contributed by atoms with Gasteiger partial charge in [0, 0.05) is 21.8 Å². The number of nitrogens with zero attached hydrogens (tertiary/aromatic N) is 4. The number of H-pyrrole nitrogens is 1. The molecule has 0 unspecified atom stereocenters. The Morgan fingerprint density at radius 2 is 1.76 bits per heavy atom. The quantitative estimate of drug-likeness (QED) is 0.330. The number of rotatable bonds is 4. The minimum absolute atomic E-state index is 0.212. The molecular weight excluding hydrogens is 478 g/mol. The summed E-state index contributed by atoms with van der Waals surface area (Å²) in [5.41, 5.74) is 3.72. The Hall–Kier alpha value is -4.28. The third-order valence-corrected chi connectivity index (χ3v) is 5.65. The number of halogens is 1. The fraction of sp³-hybridized carbons (Fsp3) is 0. The average molecular weight is 494 g/mol. The first kappa shape index (κ1) is 20.6. The summed E-state index contributed by atoms with van der Waals surface area (Å²) in [6.45, 7) is 0. The summed E-state index contributed by atoms with van der Waals surface area (Å²) in [4.78, 5) is 19.9. The van der Waals surface area contributed by atoms with Crippen LogP contribution < -0.4 is 5.56 Å². The average Bonchev–Trinajstić information content (AvgIpc) is 3.28. The first-order valence-corrected chi connectivity index (χ1v) is 10.9. The van der Waals surface area contributed by atoms with Crippen LogP contribution in [0.15, 0.2) is 94.3 Å². The van der Waals surface area contributed by atoms with Gasteiger partial charge in [-0.2, -0.15) is 10.4 Å². The number of aromatic nitrogens is 4. The molecule has 0 aliphatic carbocycles. The summed E-state index contributed by atoms with van der Waals surface area (Å²) in [6.07, 6.45) is 3.57. The molecule has 0 bridgehead atoms. The van der Waals surface area contributed by atoms with E-state index in [1.807, 2.05) is 72.9 Å². The molecule has 33 heavy (non-hydrogen) atoms. The van der Waals surface area contributed by atoms with Gasteiger partial charge in [0.2, 0.25) is 0 Å². The minimum Gasteiger partial charge on any atom is -0.305 e. The first-order valence-electron chi connectivity index (χ1n) is 10.1. The van der Waals surface area contributed by atoms with E-state index in [-0.39, 0.29) is 17.0 Å². The lowest BCUT2D eigenvalue weighted by Crippen LogP contribution is -2.11. The zero-order chi connectivity index (χ0) is 22.8. The molecule has 0 amide bonds. The molecule has 0 atom stereocenters. The molecule has 2 aromatic heterocycles. The van der Waals surface area contributed by atoms with Gasteiger partial charge in [0.05, 0.1) is 27.9 Å². The van der Waals surface area contributed by atoms with E-state index in [0.29, 0.717) is 10.9 Å². The number of allylic oxidation sites excluding steroid dienone is 1. The molecule has 0 spiro atoms. The lowest BCUT2D eigenvalue weighted by Gasteiger charge is -2.03. The highest BCUT2D eigenvalue weighted by molar-refractivity contribution is 9.10. The minimum atomic E-state index is -0.305. The van der Waals surface area contributed by atoms with Crippen LogP contribution >= 0.6 is 15.9 Å². The van der Waals surface area contributed by atoms with Crippen LogP contribution in [0.4, 0.5) is 0 Å². The molecular formula is C26H16BrN5O. The molecule has 5 aromatic rings. The highest BCUT2D eigenvalue weighted by atomic mass is 79.9. The van der Waals surface area contributed by atoms with Gasteiger partial charge in [-0.05, 0) is 36.4 Å². The van der Waals surface area contributed by atoms with Crippen molar-refractivity contribution in [1.29, 1.82) is 5.26 Å². The van der Waals surface area contributed by atoms with Gasteiger partial charge >= 0.3 is 0 Å². The molecule has 0 aliphatic heterocycles. The Balaban J connectivity index is 1.68. The standard InChI is InChI=1S/C26H16BrN5O/c27-20-11-12-23-22(14-20)26(33)30-25(29-23)18(15-28)13-19-16-32(21-9-5-2-6-10-21)31-24(19)17-7-3-1-4-8-17/h1-14,16H,(H,29,30,33). The molecule has 0 radical (unpaired) electrons. The second-order valence-electron chi connectivity index (χ2n) is 7.33. The summed E-state index contributed by atoms with van der Waals surface area (Å²) in [6, 6.07) is 26.9. The summed E-state index contributed by atoms with van der Waals surface area (Å²) in [7, 11) is 0. The zero-order valence-corrected chi connectivity index (χ0v) is 18.8. The van der Waals surface area contributed by atoms with Gasteiger partial charge in [0.25, 0.3) is 5.56 Å². The van der Waals surface area contributed by atoms with Gasteiger partial charge < -0.3 is 4.98 Å². The number of hydrogen-bond donors (Lipinski definition) is 1. The Labute approximate surface area is 197 Å². The fourth-order valence-electron chi connectivity index (χ4n) is 3.57. The van der Waals surface area contributed by atoms with Gasteiger partial charge in [-0.15, -0.1) is 0 Å². The second-order valence-corrected chi connectivity index (χ2v) is 8.24. The van der Waals surface area contributed by atoms with E-state index in [9.17, 15) is 10.1 Å². The van der Waals surface area contributed by atoms with Crippen molar-refractivity contribution in [3.63, 3.8) is 0 Å². The van der Waals surface area contributed by atoms with Crippen molar-refractivity contribution >= 4 is 38.5 Å². The second kappa shape index (κ2) is 8.69. The van der Waals surface area contributed by atoms with Crippen molar-refractivity contribution in [2.24, 2.45) is 0 Å². The van der Waals surface area contributed by atoms with Crippen LogP contribution in [0.2, 0.25) is 0 Å². The van der Waals surface area contributed by atoms with Crippen LogP contribution in [0.1, 0.15) is 11.4 Å². The van der Waals surface area contributed by atoms with Crippen LogP contribution in [0, 0.1) is 11.3 Å². The number of nitriles is 1. The van der Waals surface area contributed by atoms with E-state index in [4.69, 9.17) is 5.10 Å². The van der Waals surface area contributed by atoms with Crippen molar-refractivity contribution in [3.8, 4) is 23.0 Å². The summed E-state index contributed by atoms with van der Waals surface area (Å²) < 4.78 is 2.56. The normalized spacial score (nSPS) is 11.5. The van der Waals surface area contributed by atoms with Crippen LogP contribution in [0.25, 0.3) is 39.5 Å². The van der Waals surface area contributed by atoms with Crippen molar-refractivity contribution in [2.75, 3.05) is 0 Å². The summed E-state index contributed by atoms with van der Waals surface area (Å²) >= 11 is 3.37. The van der Waals surface area contributed by atoms with Crippen LogP contribution in [-0.4, -0.2) is 19.7 Å². The number of nitrogens with one attached hydrogen (secondary N) is 1. The highest BCUT2D eigenvalue weighted by Gasteiger charge is 2.14. The van der Waals surface area contributed by atoms with Crippen LogP contribution in [-0.2, 0) is 0 Å². The Morgan fingerprint density at radius 3 is 2.48 bits per heavy atom. The zero-order valence-electron chi connectivity index (χ0n) is 17.2. The van der Waals surface area contributed by atoms with Crippen molar-refractivity contribution < 1.29 is 0 Å². The molecule has 158 valence electrons. The molecule has 3 aromatic carbocycles. The third kappa shape index (κ3) is 4.12. The largest absolute Gasteiger partial charge is 0.305 e. The third-order valence-electron chi connectivity index (χ3n) is 5.15. The van der Waals surface area contributed by atoms with Gasteiger partial charge in [-0.3, -0.25) is 4.79 Å². The molecule has 0 aliphatic rings. The van der Waals surface area contributed by atoms with E-state index in [1.165, 1.54) is 0 Å². The van der Waals surface area contributed by atoms with Crippen LogP contribution in [0.3, 0.4) is 0 Å². The molecule has 7 heteroatoms. The molecule has 6 nitrogen and oxygen atoms in total. The van der Waals surface area contributed by atoms with Crippen molar-refractivity contribution in [1.82, 2.24) is 19.7 Å². The van der Waals surface area contributed by atoms with Gasteiger partial charge in [-0.1, -0.05) is 64.5 Å². The van der Waals surface area contributed by atoms with Gasteiger partial charge in [0.1, 0.15) is 6.07 Å². The first-order chi connectivity index (χ1) is 16.1. The number of benzene rings is 3. The monoisotopic (exact) mass is 493 g/mol. The topological polar surface area (TPSA) is 87.4 Å². The molecule has 1 N–H and O–H groups in total. The predicted molar refractivity (Wildman–Crippen MR) is 133 cm³/mol. The number of aromatic amines is 1. The van der Waals surface area contributed by atoms with Crippen LogP contribution in [0.5, 0.6) is 0 Å². The maximum Gasteiger partial charge on any atom is 0.259 e. The number of para-hydroxylation sites is 1. The Kier molecular flexibility index (Phi) is 5.43. The predicted octanol–water partition coefficient (Wildman–Crippen LogP) is 5.60. The van der Waals surface area contributed by atoms with Crippen molar-refractivity contribution in [2.45, 2.75) is 0 Å².